The summed E-state index contributed by atoms with van der Waals surface area (Å²) in [5.74, 6) is -0.000271. The van der Waals surface area contributed by atoms with Crippen LogP contribution in [0.5, 0.6) is 0 Å². The van der Waals surface area contributed by atoms with Crippen molar-refractivity contribution in [3.63, 3.8) is 0 Å². The molecular weight excluding hydrogens is 260 g/mol. The Kier molecular flexibility index (Phi) is 3.45. The van der Waals surface area contributed by atoms with Gasteiger partial charge in [-0.25, -0.2) is 0 Å². The third-order valence-corrected chi connectivity index (χ3v) is 3.88. The van der Waals surface area contributed by atoms with Crippen molar-refractivity contribution < 1.29 is 4.79 Å². The summed E-state index contributed by atoms with van der Waals surface area (Å²) in [7, 11) is 0. The van der Waals surface area contributed by atoms with Crippen molar-refractivity contribution in [3.05, 3.63) is 59.2 Å². The van der Waals surface area contributed by atoms with Gasteiger partial charge in [-0.15, -0.1) is 0 Å². The molecule has 0 aliphatic carbocycles. The number of carbonyl (C=O) groups is 1. The molecule has 0 unspecified atom stereocenters. The lowest BCUT2D eigenvalue weighted by atomic mass is 10.0. The molecule has 0 saturated carbocycles. The largest absolute Gasteiger partial charge is 0.281 e. The summed E-state index contributed by atoms with van der Waals surface area (Å²) in [6.45, 7) is 1.59. The molecule has 1 aliphatic heterocycles. The van der Waals surface area contributed by atoms with Crippen LogP contribution in [0, 0.1) is 11.3 Å². The van der Waals surface area contributed by atoms with Crippen molar-refractivity contribution in [1.82, 2.24) is 0 Å². The van der Waals surface area contributed by atoms with Crippen molar-refractivity contribution in [2.45, 2.75) is 26.2 Å². The summed E-state index contributed by atoms with van der Waals surface area (Å²) >= 11 is 0. The number of hydrogen-bond acceptors (Lipinski definition) is 2. The molecule has 1 aliphatic rings. The molecule has 3 nitrogen and oxygen atoms in total. The fourth-order valence-electron chi connectivity index (χ4n) is 2.91. The minimum atomic E-state index is -0.000271. The lowest BCUT2D eigenvalue weighted by Gasteiger charge is -2.24. The molecule has 0 spiro atoms. The van der Waals surface area contributed by atoms with E-state index in [0.29, 0.717) is 6.42 Å². The molecule has 0 N–H and O–H groups in total. The molecular formula is C18H16N2O. The van der Waals surface area contributed by atoms with Gasteiger partial charge in [-0.1, -0.05) is 30.3 Å². The van der Waals surface area contributed by atoms with Crippen molar-refractivity contribution >= 4 is 17.3 Å². The number of nitriles is 1. The number of para-hydroxylation sites is 1. The van der Waals surface area contributed by atoms with E-state index < -0.39 is 0 Å². The van der Waals surface area contributed by atoms with Crippen molar-refractivity contribution in [3.8, 4) is 6.07 Å². The Morgan fingerprint density at radius 1 is 1.14 bits per heavy atom. The normalized spacial score (nSPS) is 12.9. The Hall–Kier alpha value is -2.60. The highest BCUT2D eigenvalue weighted by Gasteiger charge is 2.23. The lowest BCUT2D eigenvalue weighted by Crippen LogP contribution is -2.23. The van der Waals surface area contributed by atoms with Gasteiger partial charge in [0.1, 0.15) is 0 Å². The van der Waals surface area contributed by atoms with Gasteiger partial charge in [-0.3, -0.25) is 9.69 Å². The van der Waals surface area contributed by atoms with Crippen LogP contribution in [0.25, 0.3) is 0 Å². The van der Waals surface area contributed by atoms with E-state index in [4.69, 9.17) is 5.26 Å². The van der Waals surface area contributed by atoms with Gasteiger partial charge >= 0.3 is 0 Å². The maximum Gasteiger partial charge on any atom is 0.228 e. The van der Waals surface area contributed by atoms with Crippen molar-refractivity contribution in [2.24, 2.45) is 0 Å². The quantitative estimate of drug-likeness (QED) is 0.799. The molecule has 1 amide bonds. The molecule has 0 atom stereocenters. The Morgan fingerprint density at radius 3 is 2.57 bits per heavy atom. The number of fused-ring (bicyclic) bond motifs is 2. The summed E-state index contributed by atoms with van der Waals surface area (Å²) in [4.78, 5) is 14.0. The van der Waals surface area contributed by atoms with Crippen LogP contribution in [0.2, 0.25) is 0 Å². The highest BCUT2D eigenvalue weighted by atomic mass is 16.2. The number of benzene rings is 2. The van der Waals surface area contributed by atoms with Gasteiger partial charge < -0.3 is 0 Å². The predicted molar refractivity (Wildman–Crippen MR) is 82.4 cm³/mol. The third kappa shape index (κ3) is 2.41. The smallest absolute Gasteiger partial charge is 0.228 e. The molecule has 0 bridgehead atoms. The first kappa shape index (κ1) is 13.4. The van der Waals surface area contributed by atoms with Crippen LogP contribution < -0.4 is 4.90 Å². The van der Waals surface area contributed by atoms with Crippen molar-refractivity contribution in [2.75, 3.05) is 4.90 Å². The lowest BCUT2D eigenvalue weighted by molar-refractivity contribution is -0.115. The molecule has 21 heavy (non-hydrogen) atoms. The van der Waals surface area contributed by atoms with E-state index >= 15 is 0 Å². The van der Waals surface area contributed by atoms with E-state index in [0.717, 1.165) is 35.3 Å². The van der Waals surface area contributed by atoms with Gasteiger partial charge in [0.2, 0.25) is 5.91 Å². The highest BCUT2D eigenvalue weighted by Crippen LogP contribution is 2.36. The first-order chi connectivity index (χ1) is 10.2. The molecule has 3 heteroatoms. The van der Waals surface area contributed by atoms with Crippen LogP contribution in [-0.2, 0) is 24.1 Å². The minimum Gasteiger partial charge on any atom is -0.281 e. The van der Waals surface area contributed by atoms with Gasteiger partial charge in [0.25, 0.3) is 0 Å². The summed E-state index contributed by atoms with van der Waals surface area (Å²) in [5, 5.41) is 8.88. The number of anilines is 2. The van der Waals surface area contributed by atoms with E-state index in [1.54, 1.807) is 11.8 Å². The Labute approximate surface area is 124 Å². The maximum atomic E-state index is 12.2. The zero-order chi connectivity index (χ0) is 14.8. The first-order valence-corrected chi connectivity index (χ1v) is 7.08. The van der Waals surface area contributed by atoms with Crippen LogP contribution in [0.1, 0.15) is 23.6 Å². The van der Waals surface area contributed by atoms with Gasteiger partial charge in [0, 0.05) is 6.92 Å². The van der Waals surface area contributed by atoms with Crippen LogP contribution in [0.3, 0.4) is 0 Å². The molecule has 2 aromatic carbocycles. The SMILES string of the molecule is CC(=O)N1c2ccccc2CCc2ccc(CC#N)cc21. The van der Waals surface area contributed by atoms with E-state index in [1.807, 2.05) is 36.4 Å². The average Bonchev–Trinajstić information content (AvgIpc) is 2.63. The summed E-state index contributed by atoms with van der Waals surface area (Å²) < 4.78 is 0. The number of carbonyl (C=O) groups excluding carboxylic acids is 1. The highest BCUT2D eigenvalue weighted by molar-refractivity contribution is 6.01. The first-order valence-electron chi connectivity index (χ1n) is 7.08. The van der Waals surface area contributed by atoms with Crippen LogP contribution in [0.15, 0.2) is 42.5 Å². The zero-order valence-corrected chi connectivity index (χ0v) is 12.0. The van der Waals surface area contributed by atoms with E-state index in [-0.39, 0.29) is 5.91 Å². The second kappa shape index (κ2) is 5.41. The summed E-state index contributed by atoms with van der Waals surface area (Å²) in [6.07, 6.45) is 2.19. The van der Waals surface area contributed by atoms with Gasteiger partial charge in [0.05, 0.1) is 23.9 Å². The number of rotatable bonds is 1. The Balaban J connectivity index is 2.20. The molecule has 2 aromatic rings. The number of nitrogens with zero attached hydrogens (tertiary/aromatic N) is 2. The molecule has 0 saturated heterocycles. The van der Waals surface area contributed by atoms with E-state index in [1.165, 1.54) is 5.56 Å². The topological polar surface area (TPSA) is 44.1 Å². The predicted octanol–water partition coefficient (Wildman–Crippen LogP) is 3.54. The van der Waals surface area contributed by atoms with Crippen LogP contribution in [0.4, 0.5) is 11.4 Å². The number of aryl methyl sites for hydroxylation is 2. The maximum absolute atomic E-state index is 12.2. The van der Waals surface area contributed by atoms with Crippen molar-refractivity contribution in [1.29, 1.82) is 5.26 Å². The molecule has 3 rings (SSSR count). The summed E-state index contributed by atoms with van der Waals surface area (Å²) in [5.41, 5.74) is 5.16. The zero-order valence-electron chi connectivity index (χ0n) is 12.0. The monoisotopic (exact) mass is 276 g/mol. The van der Waals surface area contributed by atoms with E-state index in [2.05, 4.69) is 12.1 Å². The Morgan fingerprint density at radius 2 is 1.86 bits per heavy atom. The second-order valence-corrected chi connectivity index (χ2v) is 5.28. The molecule has 0 fully saturated rings. The van der Waals surface area contributed by atoms with Gasteiger partial charge in [0.15, 0.2) is 0 Å². The average molecular weight is 276 g/mol. The molecule has 0 radical (unpaired) electrons. The van der Waals surface area contributed by atoms with E-state index in [9.17, 15) is 4.79 Å². The van der Waals surface area contributed by atoms with Gasteiger partial charge in [-0.2, -0.15) is 5.26 Å². The fraction of sp³-hybridized carbons (Fsp3) is 0.222. The molecule has 0 aromatic heterocycles. The summed E-state index contributed by atoms with van der Waals surface area (Å²) in [6, 6.07) is 16.2. The molecule has 104 valence electrons. The fourth-order valence-corrected chi connectivity index (χ4v) is 2.91. The minimum absolute atomic E-state index is 0.000271. The van der Waals surface area contributed by atoms with Gasteiger partial charge in [-0.05, 0) is 41.7 Å². The van der Waals surface area contributed by atoms with Crippen LogP contribution >= 0.6 is 0 Å². The Bertz CT molecular complexity index is 743. The third-order valence-electron chi connectivity index (χ3n) is 3.88. The number of amides is 1. The standard InChI is InChI=1S/C18H16N2O/c1-13(21)20-17-5-3-2-4-15(17)8-9-16-7-6-14(10-11-19)12-18(16)20/h2-7,12H,8-10H2,1H3. The van der Waals surface area contributed by atoms with Crippen LogP contribution in [-0.4, -0.2) is 5.91 Å². The second-order valence-electron chi connectivity index (χ2n) is 5.28. The molecule has 1 heterocycles. The number of hydrogen-bond donors (Lipinski definition) is 0.